The molecular formula is C14H26N4O. The molecule has 5 heteroatoms. The minimum atomic E-state index is 0.248. The van der Waals surface area contributed by atoms with Crippen molar-refractivity contribution in [3.05, 3.63) is 11.8 Å². The minimum absolute atomic E-state index is 0.248. The van der Waals surface area contributed by atoms with Crippen molar-refractivity contribution in [3.63, 3.8) is 0 Å². The number of hydrogen-bond acceptors (Lipinski definition) is 5. The maximum atomic E-state index is 5.25. The molecule has 0 amide bonds. The predicted octanol–water partition coefficient (Wildman–Crippen LogP) is 2.69. The van der Waals surface area contributed by atoms with E-state index < -0.39 is 0 Å². The van der Waals surface area contributed by atoms with Gasteiger partial charge in [-0.2, -0.15) is 4.98 Å². The van der Waals surface area contributed by atoms with Crippen LogP contribution >= 0.6 is 0 Å². The van der Waals surface area contributed by atoms with Crippen molar-refractivity contribution in [1.29, 1.82) is 0 Å². The lowest BCUT2D eigenvalue weighted by molar-refractivity contribution is 0.171. The van der Waals surface area contributed by atoms with Crippen LogP contribution in [0.25, 0.3) is 0 Å². The second-order valence-electron chi connectivity index (χ2n) is 5.10. The molecule has 1 unspecified atom stereocenters. The zero-order valence-corrected chi connectivity index (χ0v) is 12.7. The molecule has 2 N–H and O–H groups in total. The summed E-state index contributed by atoms with van der Waals surface area (Å²) in [4.78, 5) is 8.81. The normalized spacial score (nSPS) is 12.5. The molecule has 0 spiro atoms. The molecular weight excluding hydrogens is 240 g/mol. The first kappa shape index (κ1) is 15.7. The fourth-order valence-electron chi connectivity index (χ4n) is 1.67. The number of nitrogens with one attached hydrogen (secondary N) is 2. The maximum absolute atomic E-state index is 5.25. The predicted molar refractivity (Wildman–Crippen MR) is 79.7 cm³/mol. The first-order valence-electron chi connectivity index (χ1n) is 6.91. The smallest absolute Gasteiger partial charge is 0.224 e. The Bertz CT molecular complexity index is 382. The largest absolute Gasteiger partial charge is 0.383 e. The van der Waals surface area contributed by atoms with E-state index in [4.69, 9.17) is 4.74 Å². The van der Waals surface area contributed by atoms with E-state index in [9.17, 15) is 0 Å². The van der Waals surface area contributed by atoms with Gasteiger partial charge in [-0.05, 0) is 19.3 Å². The van der Waals surface area contributed by atoms with Crippen molar-refractivity contribution in [2.75, 3.05) is 30.9 Å². The Balaban J connectivity index is 2.79. The van der Waals surface area contributed by atoms with Crippen molar-refractivity contribution in [2.45, 2.75) is 40.2 Å². The molecule has 108 valence electrons. The summed E-state index contributed by atoms with van der Waals surface area (Å²) in [6.07, 6.45) is 2.90. The van der Waals surface area contributed by atoms with Gasteiger partial charge < -0.3 is 15.4 Å². The quantitative estimate of drug-likeness (QED) is 0.757. The average Bonchev–Trinajstić information content (AvgIpc) is 2.38. The summed E-state index contributed by atoms with van der Waals surface area (Å²) in [7, 11) is 1.72. The van der Waals surface area contributed by atoms with Gasteiger partial charge in [0.15, 0.2) is 0 Å². The molecule has 0 aliphatic carbocycles. The van der Waals surface area contributed by atoms with Gasteiger partial charge in [-0.25, -0.2) is 4.98 Å². The van der Waals surface area contributed by atoms with Crippen LogP contribution in [0.1, 0.15) is 32.8 Å². The van der Waals surface area contributed by atoms with E-state index in [1.54, 1.807) is 7.11 Å². The van der Waals surface area contributed by atoms with Crippen LogP contribution in [-0.4, -0.2) is 36.3 Å². The molecule has 0 saturated heterocycles. The van der Waals surface area contributed by atoms with Crippen LogP contribution in [0.4, 0.5) is 11.8 Å². The first-order chi connectivity index (χ1) is 9.08. The van der Waals surface area contributed by atoms with Crippen LogP contribution in [0.2, 0.25) is 0 Å². The minimum Gasteiger partial charge on any atom is -0.383 e. The molecule has 0 bridgehead atoms. The van der Waals surface area contributed by atoms with E-state index >= 15 is 0 Å². The second-order valence-corrected chi connectivity index (χ2v) is 5.10. The third kappa shape index (κ3) is 5.03. The lowest BCUT2D eigenvalue weighted by Gasteiger charge is -2.23. The Morgan fingerprint density at radius 2 is 2.11 bits per heavy atom. The summed E-state index contributed by atoms with van der Waals surface area (Å²) in [6.45, 7) is 10.0. The molecule has 5 nitrogen and oxygen atoms in total. The van der Waals surface area contributed by atoms with Gasteiger partial charge in [-0.1, -0.05) is 20.8 Å². The summed E-state index contributed by atoms with van der Waals surface area (Å²) >= 11 is 0. The molecule has 0 radical (unpaired) electrons. The van der Waals surface area contributed by atoms with E-state index in [0.29, 0.717) is 18.5 Å². The molecule has 19 heavy (non-hydrogen) atoms. The van der Waals surface area contributed by atoms with E-state index in [0.717, 1.165) is 24.3 Å². The number of hydrogen-bond donors (Lipinski definition) is 2. The van der Waals surface area contributed by atoms with Crippen LogP contribution in [-0.2, 0) is 4.74 Å². The fourth-order valence-corrected chi connectivity index (χ4v) is 1.67. The maximum Gasteiger partial charge on any atom is 0.224 e. The molecule has 0 aliphatic rings. The van der Waals surface area contributed by atoms with Gasteiger partial charge in [0.1, 0.15) is 5.82 Å². The van der Waals surface area contributed by atoms with Crippen LogP contribution in [0.3, 0.4) is 0 Å². The van der Waals surface area contributed by atoms with Crippen LogP contribution in [0, 0.1) is 12.8 Å². The monoisotopic (exact) mass is 266 g/mol. The SMILES string of the molecule is CCCNc1ncc(C)c(NC(COC)C(C)C)n1. The number of ether oxygens (including phenoxy) is 1. The van der Waals surface area contributed by atoms with Crippen LogP contribution in [0.5, 0.6) is 0 Å². The summed E-state index contributed by atoms with van der Waals surface area (Å²) in [5.41, 5.74) is 1.05. The molecule has 1 atom stereocenters. The van der Waals surface area contributed by atoms with Crippen molar-refractivity contribution < 1.29 is 4.74 Å². The number of methoxy groups -OCH3 is 1. The Morgan fingerprint density at radius 3 is 2.68 bits per heavy atom. The highest BCUT2D eigenvalue weighted by atomic mass is 16.5. The summed E-state index contributed by atoms with van der Waals surface area (Å²) in [6, 6.07) is 0.248. The van der Waals surface area contributed by atoms with E-state index in [2.05, 4.69) is 41.4 Å². The van der Waals surface area contributed by atoms with E-state index in [1.807, 2.05) is 13.1 Å². The molecule has 0 fully saturated rings. The first-order valence-corrected chi connectivity index (χ1v) is 6.91. The number of aryl methyl sites for hydroxylation is 1. The Labute approximate surface area is 116 Å². The van der Waals surface area contributed by atoms with Gasteiger partial charge in [0, 0.05) is 25.4 Å². The van der Waals surface area contributed by atoms with Crippen LogP contribution in [0.15, 0.2) is 6.20 Å². The molecule has 1 aromatic rings. The van der Waals surface area contributed by atoms with Gasteiger partial charge in [-0.15, -0.1) is 0 Å². The third-order valence-corrected chi connectivity index (χ3v) is 2.98. The van der Waals surface area contributed by atoms with Gasteiger partial charge >= 0.3 is 0 Å². The summed E-state index contributed by atoms with van der Waals surface area (Å²) in [5.74, 6) is 2.03. The number of anilines is 2. The van der Waals surface area contributed by atoms with Gasteiger partial charge in [0.25, 0.3) is 0 Å². The zero-order valence-electron chi connectivity index (χ0n) is 12.7. The lowest BCUT2D eigenvalue weighted by atomic mass is 10.1. The second kappa shape index (κ2) is 7.94. The van der Waals surface area contributed by atoms with Gasteiger partial charge in [0.05, 0.1) is 12.6 Å². The highest BCUT2D eigenvalue weighted by molar-refractivity contribution is 5.47. The number of aromatic nitrogens is 2. The number of rotatable bonds is 8. The molecule has 1 heterocycles. The Kier molecular flexibility index (Phi) is 6.56. The van der Waals surface area contributed by atoms with E-state index in [-0.39, 0.29) is 6.04 Å². The molecule has 0 saturated carbocycles. The molecule has 1 rings (SSSR count). The van der Waals surface area contributed by atoms with Crippen LogP contribution < -0.4 is 10.6 Å². The van der Waals surface area contributed by atoms with Gasteiger partial charge in [-0.3, -0.25) is 0 Å². The molecule has 0 aromatic carbocycles. The topological polar surface area (TPSA) is 59.1 Å². The highest BCUT2D eigenvalue weighted by Gasteiger charge is 2.15. The van der Waals surface area contributed by atoms with Crippen molar-refractivity contribution in [2.24, 2.45) is 5.92 Å². The van der Waals surface area contributed by atoms with Crippen molar-refractivity contribution in [3.8, 4) is 0 Å². The zero-order chi connectivity index (χ0) is 14.3. The highest BCUT2D eigenvalue weighted by Crippen LogP contribution is 2.16. The van der Waals surface area contributed by atoms with Gasteiger partial charge in [0.2, 0.25) is 5.95 Å². The van der Waals surface area contributed by atoms with E-state index in [1.165, 1.54) is 0 Å². The Morgan fingerprint density at radius 1 is 1.37 bits per heavy atom. The summed E-state index contributed by atoms with van der Waals surface area (Å²) in [5, 5.41) is 6.65. The third-order valence-electron chi connectivity index (χ3n) is 2.98. The molecule has 1 aromatic heterocycles. The average molecular weight is 266 g/mol. The molecule has 0 aliphatic heterocycles. The van der Waals surface area contributed by atoms with Crippen molar-refractivity contribution >= 4 is 11.8 Å². The summed E-state index contributed by atoms with van der Waals surface area (Å²) < 4.78 is 5.25. The van der Waals surface area contributed by atoms with Crippen molar-refractivity contribution in [1.82, 2.24) is 9.97 Å². The number of nitrogens with zero attached hydrogens (tertiary/aromatic N) is 2. The Hall–Kier alpha value is -1.36. The lowest BCUT2D eigenvalue weighted by Crippen LogP contribution is -2.31. The standard InChI is InChI=1S/C14H26N4O/c1-6-7-15-14-16-8-11(4)13(18-14)17-12(9-19-5)10(2)3/h8,10,12H,6-7,9H2,1-5H3,(H2,15,16,17,18). The fraction of sp³-hybridized carbons (Fsp3) is 0.714.